The minimum atomic E-state index is -3.49. The zero-order valence-electron chi connectivity index (χ0n) is 16.9. The highest BCUT2D eigenvalue weighted by molar-refractivity contribution is 7.92. The van der Waals surface area contributed by atoms with E-state index in [0.717, 1.165) is 0 Å². The minimum Gasteiger partial charge on any atom is -0.494 e. The maximum absolute atomic E-state index is 13.2. The summed E-state index contributed by atoms with van der Waals surface area (Å²) < 4.78 is 45.8. The first kappa shape index (κ1) is 22.6. The van der Waals surface area contributed by atoms with Gasteiger partial charge in [0.1, 0.15) is 22.3 Å². The van der Waals surface area contributed by atoms with E-state index in [0.29, 0.717) is 17.1 Å². The Morgan fingerprint density at radius 3 is 2.52 bits per heavy atom. The van der Waals surface area contributed by atoms with Crippen LogP contribution in [-0.4, -0.2) is 37.0 Å². The number of ether oxygens (including phenoxy) is 1. The van der Waals surface area contributed by atoms with Crippen LogP contribution in [0.15, 0.2) is 42.5 Å². The van der Waals surface area contributed by atoms with Crippen molar-refractivity contribution in [2.24, 2.45) is 0 Å². The zero-order valence-corrected chi connectivity index (χ0v) is 18.5. The molecule has 3 rings (SSSR count). The van der Waals surface area contributed by atoms with Gasteiger partial charge < -0.3 is 10.1 Å². The molecule has 0 aliphatic rings. The number of nitrogens with one attached hydrogen (secondary N) is 2. The van der Waals surface area contributed by atoms with Crippen LogP contribution in [0.2, 0.25) is 5.15 Å². The Morgan fingerprint density at radius 1 is 1.23 bits per heavy atom. The minimum absolute atomic E-state index is 0.0703. The van der Waals surface area contributed by atoms with Crippen LogP contribution < -0.4 is 14.8 Å². The molecule has 2 aromatic carbocycles. The first-order valence-electron chi connectivity index (χ1n) is 9.16. The fourth-order valence-corrected chi connectivity index (χ4v) is 3.80. The number of aryl methyl sites for hydroxylation is 1. The molecular weight excluding hydrogens is 447 g/mol. The standard InChI is InChI=1S/C20H20ClFN4O4S/c1-4-31(28,29)25-16-10-7-14(11-17(16)30-3)23-20(27)18-12(2)24-26(19(18)21)15-8-5-13(22)6-9-15/h5-11,25H,4H2,1-3H3,(H,23,27). The van der Waals surface area contributed by atoms with Crippen molar-refractivity contribution in [3.05, 3.63) is 64.7 Å². The zero-order chi connectivity index (χ0) is 22.8. The molecule has 1 heterocycles. The summed E-state index contributed by atoms with van der Waals surface area (Å²) in [4.78, 5) is 12.9. The Balaban J connectivity index is 1.87. The first-order chi connectivity index (χ1) is 14.6. The molecule has 1 aromatic heterocycles. The lowest BCUT2D eigenvalue weighted by Gasteiger charge is -2.13. The normalized spacial score (nSPS) is 11.3. The first-order valence-corrected chi connectivity index (χ1v) is 11.2. The Hall–Kier alpha value is -3.11. The van der Waals surface area contributed by atoms with Crippen LogP contribution in [0.25, 0.3) is 5.69 Å². The van der Waals surface area contributed by atoms with Crippen molar-refractivity contribution in [2.45, 2.75) is 13.8 Å². The van der Waals surface area contributed by atoms with Gasteiger partial charge in [-0.25, -0.2) is 17.5 Å². The van der Waals surface area contributed by atoms with Crippen molar-refractivity contribution in [1.82, 2.24) is 9.78 Å². The lowest BCUT2D eigenvalue weighted by molar-refractivity contribution is 0.102. The van der Waals surface area contributed by atoms with Crippen molar-refractivity contribution in [3.63, 3.8) is 0 Å². The molecule has 0 saturated carbocycles. The van der Waals surface area contributed by atoms with Gasteiger partial charge in [-0.1, -0.05) is 11.6 Å². The van der Waals surface area contributed by atoms with Crippen LogP contribution in [0.5, 0.6) is 5.75 Å². The van der Waals surface area contributed by atoms with E-state index in [-0.39, 0.29) is 27.9 Å². The predicted octanol–water partition coefficient (Wildman–Crippen LogP) is 4.00. The van der Waals surface area contributed by atoms with Gasteiger partial charge in [0, 0.05) is 11.8 Å². The smallest absolute Gasteiger partial charge is 0.260 e. The molecule has 0 unspecified atom stereocenters. The third kappa shape index (κ3) is 4.97. The summed E-state index contributed by atoms with van der Waals surface area (Å²) in [6, 6.07) is 10.0. The van der Waals surface area contributed by atoms with Crippen LogP contribution in [-0.2, 0) is 10.0 Å². The van der Waals surface area contributed by atoms with Gasteiger partial charge in [-0.3, -0.25) is 9.52 Å². The summed E-state index contributed by atoms with van der Waals surface area (Å²) in [5, 5.41) is 7.04. The summed E-state index contributed by atoms with van der Waals surface area (Å²) in [6.45, 7) is 3.14. The number of methoxy groups -OCH3 is 1. The number of amides is 1. The van der Waals surface area contributed by atoms with E-state index in [2.05, 4.69) is 15.1 Å². The Kier molecular flexibility index (Phi) is 6.51. The van der Waals surface area contributed by atoms with Gasteiger partial charge in [-0.05, 0) is 50.2 Å². The van der Waals surface area contributed by atoms with Gasteiger partial charge in [-0.2, -0.15) is 5.10 Å². The van der Waals surface area contributed by atoms with Gasteiger partial charge >= 0.3 is 0 Å². The number of nitrogens with zero attached hydrogens (tertiary/aromatic N) is 2. The number of hydrogen-bond acceptors (Lipinski definition) is 5. The highest BCUT2D eigenvalue weighted by atomic mass is 35.5. The number of anilines is 2. The third-order valence-electron chi connectivity index (χ3n) is 4.41. The third-order valence-corrected chi connectivity index (χ3v) is 6.05. The van der Waals surface area contributed by atoms with Gasteiger partial charge in [-0.15, -0.1) is 0 Å². The topological polar surface area (TPSA) is 102 Å². The fraction of sp³-hybridized carbons (Fsp3) is 0.200. The van der Waals surface area contributed by atoms with Gasteiger partial charge in [0.25, 0.3) is 5.91 Å². The molecule has 0 bridgehead atoms. The maximum Gasteiger partial charge on any atom is 0.260 e. The number of benzene rings is 2. The quantitative estimate of drug-likeness (QED) is 0.548. The molecule has 0 fully saturated rings. The van der Waals surface area contributed by atoms with E-state index in [1.807, 2.05) is 0 Å². The average molecular weight is 467 g/mol. The Bertz CT molecular complexity index is 1230. The maximum atomic E-state index is 13.2. The largest absolute Gasteiger partial charge is 0.494 e. The predicted molar refractivity (Wildman–Crippen MR) is 117 cm³/mol. The molecule has 3 aromatic rings. The van der Waals surface area contributed by atoms with E-state index < -0.39 is 21.7 Å². The van der Waals surface area contributed by atoms with Gasteiger partial charge in [0.05, 0.1) is 29.9 Å². The highest BCUT2D eigenvalue weighted by Gasteiger charge is 2.22. The van der Waals surface area contributed by atoms with Crippen LogP contribution >= 0.6 is 11.6 Å². The molecule has 0 spiro atoms. The monoisotopic (exact) mass is 466 g/mol. The van der Waals surface area contributed by atoms with Crippen molar-refractivity contribution < 1.29 is 22.3 Å². The second-order valence-electron chi connectivity index (χ2n) is 6.51. The molecule has 1 amide bonds. The average Bonchev–Trinajstić information content (AvgIpc) is 3.03. The summed E-state index contributed by atoms with van der Waals surface area (Å²) in [7, 11) is -2.10. The van der Waals surface area contributed by atoms with Gasteiger partial charge in [0.15, 0.2) is 0 Å². The number of hydrogen-bond donors (Lipinski definition) is 2. The highest BCUT2D eigenvalue weighted by Crippen LogP contribution is 2.30. The van der Waals surface area contributed by atoms with Crippen molar-refractivity contribution in [1.29, 1.82) is 0 Å². The molecule has 11 heteroatoms. The second kappa shape index (κ2) is 8.94. The molecule has 2 N–H and O–H groups in total. The SMILES string of the molecule is CCS(=O)(=O)Nc1ccc(NC(=O)c2c(C)nn(-c3ccc(F)cc3)c2Cl)cc1OC. The summed E-state index contributed by atoms with van der Waals surface area (Å²) in [5.74, 6) is -0.774. The van der Waals surface area contributed by atoms with E-state index in [9.17, 15) is 17.6 Å². The number of aromatic nitrogens is 2. The van der Waals surface area contributed by atoms with E-state index in [1.54, 1.807) is 6.92 Å². The molecule has 0 saturated heterocycles. The van der Waals surface area contributed by atoms with Crippen LogP contribution in [0.4, 0.5) is 15.8 Å². The van der Waals surface area contributed by atoms with Gasteiger partial charge in [0.2, 0.25) is 10.0 Å². The molecular formula is C20H20ClFN4O4S. The number of halogens is 2. The summed E-state index contributed by atoms with van der Waals surface area (Å²) in [5.41, 5.74) is 1.65. The lowest BCUT2D eigenvalue weighted by atomic mass is 10.2. The molecule has 8 nitrogen and oxygen atoms in total. The molecule has 31 heavy (non-hydrogen) atoms. The molecule has 0 aliphatic heterocycles. The van der Waals surface area contributed by atoms with Crippen LogP contribution in [0.3, 0.4) is 0 Å². The molecule has 0 atom stereocenters. The van der Waals surface area contributed by atoms with E-state index >= 15 is 0 Å². The number of carbonyl (C=O) groups excluding carboxylic acids is 1. The number of rotatable bonds is 7. The van der Waals surface area contributed by atoms with Crippen molar-refractivity contribution >= 4 is 38.9 Å². The van der Waals surface area contributed by atoms with Crippen molar-refractivity contribution in [2.75, 3.05) is 22.9 Å². The Labute approximate surface area is 184 Å². The number of carbonyl (C=O) groups is 1. The molecule has 164 valence electrons. The van der Waals surface area contributed by atoms with Crippen LogP contribution in [0, 0.1) is 12.7 Å². The number of sulfonamides is 1. The summed E-state index contributed by atoms with van der Waals surface area (Å²) in [6.07, 6.45) is 0. The fourth-order valence-electron chi connectivity index (χ4n) is 2.80. The van der Waals surface area contributed by atoms with Crippen LogP contribution in [0.1, 0.15) is 23.0 Å². The van der Waals surface area contributed by atoms with E-state index in [1.165, 1.54) is 61.2 Å². The van der Waals surface area contributed by atoms with Crippen molar-refractivity contribution in [3.8, 4) is 11.4 Å². The molecule has 0 aliphatic carbocycles. The summed E-state index contributed by atoms with van der Waals surface area (Å²) >= 11 is 6.38. The lowest BCUT2D eigenvalue weighted by Crippen LogP contribution is -2.16. The van der Waals surface area contributed by atoms with E-state index in [4.69, 9.17) is 16.3 Å². The molecule has 0 radical (unpaired) electrons. The second-order valence-corrected chi connectivity index (χ2v) is 8.88. The Morgan fingerprint density at radius 2 is 1.90 bits per heavy atom.